The number of ether oxygens (including phenoxy) is 1. The molecule has 0 unspecified atom stereocenters. The maximum atomic E-state index is 12.5. The Morgan fingerprint density at radius 2 is 1.90 bits per heavy atom. The molecule has 4 nitrogen and oxygen atoms in total. The van der Waals surface area contributed by atoms with Crippen LogP contribution >= 0.6 is 0 Å². The quantitative estimate of drug-likeness (QED) is 0.831. The average Bonchev–Trinajstić information content (AvgIpc) is 2.90. The van der Waals surface area contributed by atoms with Crippen molar-refractivity contribution in [1.82, 2.24) is 5.32 Å². The molecule has 148 valence electrons. The number of anilines is 1. The second-order valence-corrected chi connectivity index (χ2v) is 8.63. The summed E-state index contributed by atoms with van der Waals surface area (Å²) in [6, 6.07) is 16.6. The fraction of sp³-hybridized carbons (Fsp3) is 0.320. The fourth-order valence-corrected chi connectivity index (χ4v) is 4.98. The average molecular weight is 386 g/mol. The van der Waals surface area contributed by atoms with Crippen LogP contribution in [-0.4, -0.2) is 24.2 Å². The fourth-order valence-electron chi connectivity index (χ4n) is 4.98. The third kappa shape index (κ3) is 2.55. The molecule has 1 N–H and O–H groups in total. The van der Waals surface area contributed by atoms with Crippen molar-refractivity contribution in [2.24, 2.45) is 0 Å². The smallest absolute Gasteiger partial charge is 0.223 e. The van der Waals surface area contributed by atoms with Gasteiger partial charge in [0, 0.05) is 29.6 Å². The van der Waals surface area contributed by atoms with Gasteiger partial charge in [0.15, 0.2) is 0 Å². The SMILES string of the molecule is C[C@H]1Oc2ccccc2C=C1/C=C/[C@]12NC(=O)CCN1c1ccccc1C2(C)C. The minimum atomic E-state index is -0.594. The maximum Gasteiger partial charge on any atom is 0.223 e. The third-order valence-corrected chi connectivity index (χ3v) is 6.67. The van der Waals surface area contributed by atoms with E-state index in [1.165, 1.54) is 11.3 Å². The summed E-state index contributed by atoms with van der Waals surface area (Å²) < 4.78 is 6.11. The number of amides is 1. The first-order valence-electron chi connectivity index (χ1n) is 10.3. The van der Waals surface area contributed by atoms with Crippen LogP contribution in [0.4, 0.5) is 5.69 Å². The molecule has 1 amide bonds. The molecular weight excluding hydrogens is 360 g/mol. The van der Waals surface area contributed by atoms with E-state index in [1.807, 2.05) is 18.2 Å². The van der Waals surface area contributed by atoms with E-state index in [1.54, 1.807) is 0 Å². The third-order valence-electron chi connectivity index (χ3n) is 6.67. The van der Waals surface area contributed by atoms with Gasteiger partial charge in [-0.15, -0.1) is 0 Å². The Bertz CT molecular complexity index is 1050. The van der Waals surface area contributed by atoms with Crippen LogP contribution in [0.25, 0.3) is 6.08 Å². The number of hydrogen-bond acceptors (Lipinski definition) is 3. The van der Waals surface area contributed by atoms with Crippen LogP contribution in [0.1, 0.15) is 38.3 Å². The van der Waals surface area contributed by atoms with Gasteiger partial charge in [-0.3, -0.25) is 4.79 Å². The van der Waals surface area contributed by atoms with E-state index in [9.17, 15) is 4.79 Å². The van der Waals surface area contributed by atoms with Crippen LogP contribution in [0.5, 0.6) is 5.75 Å². The number of nitrogens with zero attached hydrogens (tertiary/aromatic N) is 1. The first-order chi connectivity index (χ1) is 13.9. The standard InChI is InChI=1S/C25H26N2O2/c1-17-18(16-19-8-4-7-11-22(19)29-17)12-14-25-24(2,3)20-9-5-6-10-21(20)27(25)15-13-23(28)26-25/h4-12,14,16-17H,13,15H2,1-3H3,(H,26,28)/b14-12+/t17-,25+/m1/s1. The van der Waals surface area contributed by atoms with Crippen LogP contribution in [-0.2, 0) is 10.2 Å². The van der Waals surface area contributed by atoms with Crippen molar-refractivity contribution in [1.29, 1.82) is 0 Å². The van der Waals surface area contributed by atoms with Gasteiger partial charge in [-0.25, -0.2) is 0 Å². The van der Waals surface area contributed by atoms with Crippen molar-refractivity contribution in [3.8, 4) is 5.75 Å². The molecule has 3 heterocycles. The van der Waals surface area contributed by atoms with Crippen molar-refractivity contribution >= 4 is 17.7 Å². The van der Waals surface area contributed by atoms with E-state index in [2.05, 4.69) is 79.5 Å². The predicted octanol–water partition coefficient (Wildman–Crippen LogP) is 4.42. The highest BCUT2D eigenvalue weighted by Crippen LogP contribution is 2.52. The molecule has 29 heavy (non-hydrogen) atoms. The van der Waals surface area contributed by atoms with Crippen molar-refractivity contribution in [2.45, 2.75) is 44.4 Å². The number of para-hydroxylation sites is 2. The summed E-state index contributed by atoms with van der Waals surface area (Å²) in [7, 11) is 0. The normalized spacial score (nSPS) is 26.9. The highest BCUT2D eigenvalue weighted by molar-refractivity contribution is 5.84. The zero-order valence-corrected chi connectivity index (χ0v) is 17.1. The van der Waals surface area contributed by atoms with Gasteiger partial charge in [0.25, 0.3) is 0 Å². The summed E-state index contributed by atoms with van der Waals surface area (Å²) in [6.07, 6.45) is 6.95. The summed E-state index contributed by atoms with van der Waals surface area (Å²) in [5, 5.41) is 3.33. The summed E-state index contributed by atoms with van der Waals surface area (Å²) in [5.74, 6) is 1.01. The van der Waals surface area contributed by atoms with Crippen LogP contribution in [0.2, 0.25) is 0 Å². The van der Waals surface area contributed by atoms with E-state index in [4.69, 9.17) is 4.74 Å². The molecule has 0 bridgehead atoms. The molecule has 0 aromatic heterocycles. The lowest BCUT2D eigenvalue weighted by molar-refractivity contribution is -0.124. The number of fused-ring (bicyclic) bond motifs is 4. The van der Waals surface area contributed by atoms with Crippen molar-refractivity contribution in [2.75, 3.05) is 11.4 Å². The largest absolute Gasteiger partial charge is 0.485 e. The minimum absolute atomic E-state index is 0.0443. The lowest BCUT2D eigenvalue weighted by Gasteiger charge is -2.49. The summed E-state index contributed by atoms with van der Waals surface area (Å²) in [4.78, 5) is 14.9. The number of nitrogens with one attached hydrogen (secondary N) is 1. The molecule has 1 saturated heterocycles. The summed E-state index contributed by atoms with van der Waals surface area (Å²) in [5.41, 5.74) is 3.79. The monoisotopic (exact) mass is 386 g/mol. The second kappa shape index (κ2) is 6.24. The van der Waals surface area contributed by atoms with Gasteiger partial charge >= 0.3 is 0 Å². The molecule has 0 aliphatic carbocycles. The van der Waals surface area contributed by atoms with Crippen LogP contribution in [0.15, 0.2) is 66.3 Å². The molecule has 1 fully saturated rings. The second-order valence-electron chi connectivity index (χ2n) is 8.63. The van der Waals surface area contributed by atoms with Gasteiger partial charge < -0.3 is 15.0 Å². The molecule has 3 aliphatic rings. The van der Waals surface area contributed by atoms with E-state index < -0.39 is 5.66 Å². The van der Waals surface area contributed by atoms with Gasteiger partial charge in [0.05, 0.1) is 0 Å². The highest BCUT2D eigenvalue weighted by atomic mass is 16.5. The molecule has 2 aromatic rings. The van der Waals surface area contributed by atoms with E-state index in [0.717, 1.165) is 16.9 Å². The number of carbonyl (C=O) groups excluding carboxylic acids is 1. The van der Waals surface area contributed by atoms with Crippen LogP contribution in [0.3, 0.4) is 0 Å². The Kier molecular flexibility index (Phi) is 3.89. The van der Waals surface area contributed by atoms with E-state index in [0.29, 0.717) is 13.0 Å². The van der Waals surface area contributed by atoms with E-state index >= 15 is 0 Å². The Hall–Kier alpha value is -3.01. The molecule has 2 atom stereocenters. The summed E-state index contributed by atoms with van der Waals surface area (Å²) >= 11 is 0. The number of carbonyl (C=O) groups is 1. The Morgan fingerprint density at radius 3 is 2.76 bits per heavy atom. The Balaban J connectivity index is 1.60. The van der Waals surface area contributed by atoms with Crippen LogP contribution < -0.4 is 15.0 Å². The first-order valence-corrected chi connectivity index (χ1v) is 10.3. The van der Waals surface area contributed by atoms with Crippen LogP contribution in [0, 0.1) is 0 Å². The van der Waals surface area contributed by atoms with Crippen molar-refractivity contribution in [3.63, 3.8) is 0 Å². The predicted molar refractivity (Wildman–Crippen MR) is 116 cm³/mol. The van der Waals surface area contributed by atoms with Crippen molar-refractivity contribution in [3.05, 3.63) is 77.4 Å². The topological polar surface area (TPSA) is 41.6 Å². The first kappa shape index (κ1) is 18.0. The lowest BCUT2D eigenvalue weighted by Crippen LogP contribution is -2.68. The zero-order valence-electron chi connectivity index (χ0n) is 17.1. The maximum absolute atomic E-state index is 12.5. The lowest BCUT2D eigenvalue weighted by atomic mass is 9.74. The van der Waals surface area contributed by atoms with Gasteiger partial charge in [0.2, 0.25) is 5.91 Å². The molecule has 4 heteroatoms. The Labute approximate surface area is 171 Å². The minimum Gasteiger partial charge on any atom is -0.485 e. The highest BCUT2D eigenvalue weighted by Gasteiger charge is 2.57. The van der Waals surface area contributed by atoms with Gasteiger partial charge in [0.1, 0.15) is 17.5 Å². The molecule has 5 rings (SSSR count). The summed E-state index contributed by atoms with van der Waals surface area (Å²) in [6.45, 7) is 7.21. The molecule has 0 saturated carbocycles. The molecule has 3 aliphatic heterocycles. The molecule has 0 radical (unpaired) electrons. The van der Waals surface area contributed by atoms with Gasteiger partial charge in [-0.05, 0) is 42.3 Å². The Morgan fingerprint density at radius 1 is 1.14 bits per heavy atom. The van der Waals surface area contributed by atoms with Gasteiger partial charge in [-0.1, -0.05) is 56.3 Å². The molecular formula is C25H26N2O2. The van der Waals surface area contributed by atoms with Crippen molar-refractivity contribution < 1.29 is 9.53 Å². The molecule has 2 aromatic carbocycles. The number of hydrogen-bond donors (Lipinski definition) is 1. The van der Waals surface area contributed by atoms with E-state index in [-0.39, 0.29) is 17.4 Å². The van der Waals surface area contributed by atoms with Gasteiger partial charge in [-0.2, -0.15) is 0 Å². The molecule has 0 spiro atoms. The number of benzene rings is 2. The zero-order chi connectivity index (χ0) is 20.2. The number of rotatable bonds is 2.